The summed E-state index contributed by atoms with van der Waals surface area (Å²) in [4.78, 5) is 19.3. The summed E-state index contributed by atoms with van der Waals surface area (Å²) >= 11 is 0. The standard InChI is InChI=1S/C44H28N4/c1-2-13-29(14-3-1)42-46-43(48-44(47-42)31-15-12-26-45-28-31)30-24-25-40-38-22-9-8-20-36(38)34-18-5-4-16-32(34)33-17-6-7-19-35(33)37-21-10-11-23-39(37)41(40)27-30/h1-28H. The van der Waals surface area contributed by atoms with Gasteiger partial charge in [-0.05, 0) is 72.1 Å². The van der Waals surface area contributed by atoms with Crippen molar-refractivity contribution < 1.29 is 0 Å². The molecule has 0 amide bonds. The van der Waals surface area contributed by atoms with Gasteiger partial charge in [-0.2, -0.15) is 0 Å². The molecule has 0 atom stereocenters. The third-order valence-electron chi connectivity index (χ3n) is 9.02. The smallest absolute Gasteiger partial charge is 0.165 e. The summed E-state index contributed by atoms with van der Waals surface area (Å²) in [6.07, 6.45) is 3.55. The van der Waals surface area contributed by atoms with Gasteiger partial charge in [0.1, 0.15) is 0 Å². The fraction of sp³-hybridized carbons (Fsp3) is 0. The van der Waals surface area contributed by atoms with Crippen molar-refractivity contribution in [3.63, 3.8) is 0 Å². The number of aromatic nitrogens is 4. The Balaban J connectivity index is 1.45. The molecule has 0 fully saturated rings. The Bertz CT molecular complexity index is 2590. The second kappa shape index (κ2) is 11.7. The number of fused-ring (bicyclic) bond motifs is 10. The maximum absolute atomic E-state index is 5.05. The van der Waals surface area contributed by atoms with E-state index >= 15 is 0 Å². The largest absolute Gasteiger partial charge is 0.264 e. The summed E-state index contributed by atoms with van der Waals surface area (Å²) in [5.74, 6) is 1.82. The Labute approximate surface area is 277 Å². The molecule has 7 aromatic carbocycles. The van der Waals surface area contributed by atoms with Crippen LogP contribution in [-0.2, 0) is 0 Å². The number of pyridine rings is 1. The summed E-state index contributed by atoms with van der Waals surface area (Å²) in [5.41, 5.74) is 2.68. The molecule has 2 heterocycles. The van der Waals surface area contributed by atoms with Crippen LogP contribution in [0.4, 0.5) is 0 Å². The number of benzene rings is 6. The maximum atomic E-state index is 5.05. The number of hydrogen-bond donors (Lipinski definition) is 0. The SMILES string of the molecule is c1ccc(-c2nc(-c3cccnc3)nc(-c3ccc4c5ccccc5c5ccccc5c5ccccc5c5ccccc5c4c3)n2)cc1. The van der Waals surface area contributed by atoms with Crippen LogP contribution in [0.5, 0.6) is 0 Å². The molecule has 48 heavy (non-hydrogen) atoms. The van der Waals surface area contributed by atoms with E-state index < -0.39 is 0 Å². The van der Waals surface area contributed by atoms with Gasteiger partial charge in [0, 0.05) is 29.1 Å². The van der Waals surface area contributed by atoms with Gasteiger partial charge in [0.05, 0.1) is 0 Å². The number of rotatable bonds is 3. The van der Waals surface area contributed by atoms with Gasteiger partial charge in [-0.15, -0.1) is 0 Å². The summed E-state index contributed by atoms with van der Waals surface area (Å²) in [6.45, 7) is 0. The van der Waals surface area contributed by atoms with Crippen molar-refractivity contribution in [3.8, 4) is 34.2 Å². The van der Waals surface area contributed by atoms with Crippen LogP contribution >= 0.6 is 0 Å². The molecule has 2 aromatic heterocycles. The van der Waals surface area contributed by atoms with Crippen molar-refractivity contribution in [2.45, 2.75) is 0 Å². The topological polar surface area (TPSA) is 51.6 Å². The van der Waals surface area contributed by atoms with Crippen LogP contribution < -0.4 is 0 Å². The predicted octanol–water partition coefficient (Wildman–Crippen LogP) is 11.2. The minimum Gasteiger partial charge on any atom is -0.264 e. The molecule has 0 saturated heterocycles. The first kappa shape index (κ1) is 27.8. The van der Waals surface area contributed by atoms with Crippen LogP contribution in [0.2, 0.25) is 0 Å². The Hall–Kier alpha value is -6.52. The minimum atomic E-state index is 0.586. The van der Waals surface area contributed by atoms with Crippen LogP contribution in [0.25, 0.3) is 88.0 Å². The number of nitrogens with zero attached hydrogens (tertiary/aromatic N) is 4. The third-order valence-corrected chi connectivity index (χ3v) is 9.02. The highest BCUT2D eigenvalue weighted by molar-refractivity contribution is 6.26. The molecule has 4 heteroatoms. The van der Waals surface area contributed by atoms with Crippen molar-refractivity contribution in [1.82, 2.24) is 19.9 Å². The van der Waals surface area contributed by atoms with Crippen LogP contribution in [0.1, 0.15) is 0 Å². The van der Waals surface area contributed by atoms with E-state index in [4.69, 9.17) is 15.0 Å². The molecule has 0 bridgehead atoms. The highest BCUT2D eigenvalue weighted by atomic mass is 15.0. The van der Waals surface area contributed by atoms with E-state index in [2.05, 4.69) is 120 Å². The predicted molar refractivity (Wildman–Crippen MR) is 199 cm³/mol. The molecule has 0 saturated carbocycles. The Kier molecular flexibility index (Phi) is 6.76. The zero-order valence-electron chi connectivity index (χ0n) is 26.0. The monoisotopic (exact) mass is 612 g/mol. The van der Waals surface area contributed by atoms with E-state index in [1.54, 1.807) is 12.4 Å². The molecule has 9 rings (SSSR count). The second-order valence-corrected chi connectivity index (χ2v) is 11.9. The lowest BCUT2D eigenvalue weighted by Crippen LogP contribution is -2.00. The highest BCUT2D eigenvalue weighted by Gasteiger charge is 2.14. The summed E-state index contributed by atoms with van der Waals surface area (Å²) < 4.78 is 0. The van der Waals surface area contributed by atoms with Gasteiger partial charge >= 0.3 is 0 Å². The van der Waals surface area contributed by atoms with Crippen molar-refractivity contribution in [3.05, 3.63) is 170 Å². The van der Waals surface area contributed by atoms with Crippen molar-refractivity contribution in [2.24, 2.45) is 0 Å². The molecule has 0 N–H and O–H groups in total. The lowest BCUT2D eigenvalue weighted by atomic mass is 9.94. The third kappa shape index (κ3) is 4.79. The van der Waals surface area contributed by atoms with Crippen LogP contribution in [0, 0.1) is 0 Å². The zero-order valence-corrected chi connectivity index (χ0v) is 26.0. The van der Waals surface area contributed by atoms with E-state index in [1.807, 2.05) is 42.5 Å². The quantitative estimate of drug-likeness (QED) is 0.199. The number of hydrogen-bond acceptors (Lipinski definition) is 4. The zero-order chi connectivity index (χ0) is 31.9. The molecule has 9 aromatic rings. The summed E-state index contributed by atoms with van der Waals surface area (Å²) in [6, 6.07) is 55.5. The van der Waals surface area contributed by atoms with Gasteiger partial charge < -0.3 is 0 Å². The lowest BCUT2D eigenvalue weighted by molar-refractivity contribution is 1.07. The van der Waals surface area contributed by atoms with Crippen LogP contribution in [0.15, 0.2) is 170 Å². The molecule has 0 aliphatic carbocycles. The van der Waals surface area contributed by atoms with Crippen LogP contribution in [-0.4, -0.2) is 19.9 Å². The molecule has 0 aliphatic heterocycles. The molecule has 0 unspecified atom stereocenters. The maximum Gasteiger partial charge on any atom is 0.165 e. The molecule has 4 nitrogen and oxygen atoms in total. The minimum absolute atomic E-state index is 0.586. The fourth-order valence-corrected chi connectivity index (χ4v) is 6.80. The van der Waals surface area contributed by atoms with E-state index in [0.29, 0.717) is 17.5 Å². The van der Waals surface area contributed by atoms with Crippen LogP contribution in [0.3, 0.4) is 0 Å². The Morgan fingerprint density at radius 2 is 0.646 bits per heavy atom. The first-order valence-corrected chi connectivity index (χ1v) is 16.1. The molecule has 0 radical (unpaired) electrons. The van der Waals surface area contributed by atoms with Gasteiger partial charge in [0.2, 0.25) is 0 Å². The van der Waals surface area contributed by atoms with Gasteiger partial charge in [-0.3, -0.25) is 4.98 Å². The van der Waals surface area contributed by atoms with Gasteiger partial charge in [0.25, 0.3) is 0 Å². The average Bonchev–Trinajstić information content (AvgIpc) is 3.18. The van der Waals surface area contributed by atoms with E-state index in [-0.39, 0.29) is 0 Å². The molecule has 224 valence electrons. The first-order valence-electron chi connectivity index (χ1n) is 16.1. The molecular formula is C44H28N4. The van der Waals surface area contributed by atoms with Crippen molar-refractivity contribution in [1.29, 1.82) is 0 Å². The van der Waals surface area contributed by atoms with Gasteiger partial charge in [-0.1, -0.05) is 140 Å². The van der Waals surface area contributed by atoms with Crippen molar-refractivity contribution >= 4 is 53.9 Å². The molecule has 0 aliphatic rings. The fourth-order valence-electron chi connectivity index (χ4n) is 6.80. The highest BCUT2D eigenvalue weighted by Crippen LogP contribution is 2.37. The van der Waals surface area contributed by atoms with Gasteiger partial charge in [-0.25, -0.2) is 15.0 Å². The summed E-state index contributed by atoms with van der Waals surface area (Å²) in [5, 5.41) is 11.8. The summed E-state index contributed by atoms with van der Waals surface area (Å²) in [7, 11) is 0. The lowest BCUT2D eigenvalue weighted by Gasteiger charge is -2.11. The second-order valence-electron chi connectivity index (χ2n) is 11.9. The Morgan fingerprint density at radius 3 is 1.10 bits per heavy atom. The van der Waals surface area contributed by atoms with E-state index in [1.165, 1.54) is 37.7 Å². The molecule has 0 spiro atoms. The average molecular weight is 613 g/mol. The normalized spacial score (nSPS) is 11.3. The van der Waals surface area contributed by atoms with E-state index in [9.17, 15) is 0 Å². The van der Waals surface area contributed by atoms with Crippen molar-refractivity contribution in [2.75, 3.05) is 0 Å². The first-order chi connectivity index (χ1) is 23.8. The van der Waals surface area contributed by atoms with Gasteiger partial charge in [0.15, 0.2) is 17.5 Å². The Morgan fingerprint density at radius 1 is 0.271 bits per heavy atom. The van der Waals surface area contributed by atoms with E-state index in [0.717, 1.165) is 32.8 Å². The molecular weight excluding hydrogens is 585 g/mol.